The Bertz CT molecular complexity index is 804. The van der Waals surface area contributed by atoms with Crippen LogP contribution in [0.5, 0.6) is 0 Å². The lowest BCUT2D eigenvalue weighted by Gasteiger charge is -2.03. The second kappa shape index (κ2) is 3.50. The third-order valence-electron chi connectivity index (χ3n) is 3.55. The van der Waals surface area contributed by atoms with Gasteiger partial charge in [0.2, 0.25) is 0 Å². The molecule has 0 unspecified atom stereocenters. The van der Waals surface area contributed by atoms with E-state index in [9.17, 15) is 0 Å². The lowest BCUT2D eigenvalue weighted by atomic mass is 10.0. The maximum atomic E-state index is 6.28. The highest BCUT2D eigenvalue weighted by Crippen LogP contribution is 2.49. The topological polar surface area (TPSA) is 0 Å². The van der Waals surface area contributed by atoms with Gasteiger partial charge in [0.1, 0.15) is 0 Å². The quantitative estimate of drug-likeness (QED) is 0.379. The molecule has 0 radical (unpaired) electrons. The maximum Gasteiger partial charge on any atom is 0.0485 e. The Balaban J connectivity index is 2.26. The van der Waals surface area contributed by atoms with Gasteiger partial charge in [-0.2, -0.15) is 0 Å². The zero-order valence-electron chi connectivity index (χ0n) is 9.37. The Hall–Kier alpha value is -1.50. The molecule has 1 aliphatic rings. The smallest absolute Gasteiger partial charge is 0.0485 e. The predicted octanol–water partition coefficient (Wildman–Crippen LogP) is 5.79. The van der Waals surface area contributed by atoms with Gasteiger partial charge in [-0.1, -0.05) is 53.5 Å². The zero-order chi connectivity index (χ0) is 12.3. The van der Waals surface area contributed by atoms with Crippen molar-refractivity contribution in [3.8, 4) is 22.3 Å². The van der Waals surface area contributed by atoms with E-state index in [1.165, 1.54) is 27.6 Å². The van der Waals surface area contributed by atoms with E-state index in [-0.39, 0.29) is 0 Å². The van der Waals surface area contributed by atoms with Crippen molar-refractivity contribution in [1.82, 2.24) is 0 Å². The SMILES string of the molecule is Clc1ccc2c(c1)-c1ccc(Cl)c3cccc-2c13. The van der Waals surface area contributed by atoms with Crippen LogP contribution in [0.3, 0.4) is 0 Å². The Morgan fingerprint density at radius 1 is 0.667 bits per heavy atom. The summed E-state index contributed by atoms with van der Waals surface area (Å²) in [6, 6.07) is 16.3. The molecule has 3 aromatic rings. The molecular weight excluding hydrogens is 263 g/mol. The number of fused-ring (bicyclic) bond motifs is 3. The van der Waals surface area contributed by atoms with Crippen LogP contribution in [-0.4, -0.2) is 0 Å². The number of halogens is 2. The van der Waals surface area contributed by atoms with Gasteiger partial charge >= 0.3 is 0 Å². The second-order valence-corrected chi connectivity index (χ2v) is 5.36. The molecule has 18 heavy (non-hydrogen) atoms. The van der Waals surface area contributed by atoms with Gasteiger partial charge in [-0.25, -0.2) is 0 Å². The molecule has 4 rings (SSSR count). The van der Waals surface area contributed by atoms with Gasteiger partial charge in [0, 0.05) is 15.4 Å². The van der Waals surface area contributed by atoms with Gasteiger partial charge in [0.25, 0.3) is 0 Å². The van der Waals surface area contributed by atoms with Crippen LogP contribution in [0.2, 0.25) is 10.0 Å². The summed E-state index contributed by atoms with van der Waals surface area (Å²) in [5, 5.41) is 3.92. The van der Waals surface area contributed by atoms with Gasteiger partial charge in [0.15, 0.2) is 0 Å². The third kappa shape index (κ3) is 1.22. The molecule has 2 heteroatoms. The molecule has 0 spiro atoms. The molecule has 86 valence electrons. The Kier molecular flexibility index (Phi) is 2.03. The molecule has 1 aliphatic carbocycles. The monoisotopic (exact) mass is 270 g/mol. The van der Waals surface area contributed by atoms with Crippen LogP contribution in [0.15, 0.2) is 48.5 Å². The molecule has 0 heterocycles. The largest absolute Gasteiger partial charge is 0.0843 e. The minimum absolute atomic E-state index is 0.768. The molecule has 0 amide bonds. The molecule has 0 bridgehead atoms. The Morgan fingerprint density at radius 2 is 1.44 bits per heavy atom. The summed E-state index contributed by atoms with van der Waals surface area (Å²) in [4.78, 5) is 0. The molecule has 0 atom stereocenters. The van der Waals surface area contributed by atoms with Crippen molar-refractivity contribution in [2.75, 3.05) is 0 Å². The van der Waals surface area contributed by atoms with Gasteiger partial charge in [-0.3, -0.25) is 0 Å². The molecule has 0 nitrogen and oxygen atoms in total. The molecule has 0 saturated carbocycles. The van der Waals surface area contributed by atoms with Crippen molar-refractivity contribution < 1.29 is 0 Å². The van der Waals surface area contributed by atoms with Crippen molar-refractivity contribution >= 4 is 34.0 Å². The molecule has 0 aromatic heterocycles. The number of benzene rings is 3. The lowest BCUT2D eigenvalue weighted by Crippen LogP contribution is -1.76. The first-order valence-corrected chi connectivity index (χ1v) is 6.53. The average Bonchev–Trinajstić information content (AvgIpc) is 2.69. The van der Waals surface area contributed by atoms with Crippen molar-refractivity contribution in [1.29, 1.82) is 0 Å². The fourth-order valence-corrected chi connectivity index (χ4v) is 3.19. The fraction of sp³-hybridized carbons (Fsp3) is 0. The van der Waals surface area contributed by atoms with E-state index in [2.05, 4.69) is 30.3 Å². The van der Waals surface area contributed by atoms with Gasteiger partial charge in [-0.05, 0) is 45.8 Å². The maximum absolute atomic E-state index is 6.28. The van der Waals surface area contributed by atoms with E-state index in [1.54, 1.807) is 0 Å². The van der Waals surface area contributed by atoms with Crippen molar-refractivity contribution in [3.05, 3.63) is 58.6 Å². The summed E-state index contributed by atoms with van der Waals surface area (Å²) < 4.78 is 0. The molecule has 3 aromatic carbocycles. The molecular formula is C16H8Cl2. The van der Waals surface area contributed by atoms with E-state index in [0.29, 0.717) is 0 Å². The van der Waals surface area contributed by atoms with E-state index >= 15 is 0 Å². The summed E-state index contributed by atoms with van der Waals surface area (Å²) >= 11 is 12.4. The van der Waals surface area contributed by atoms with Crippen LogP contribution in [0.25, 0.3) is 33.0 Å². The van der Waals surface area contributed by atoms with Crippen LogP contribution in [0.1, 0.15) is 0 Å². The Labute approximate surface area is 115 Å². The fourth-order valence-electron chi connectivity index (χ4n) is 2.79. The predicted molar refractivity (Wildman–Crippen MR) is 78.4 cm³/mol. The first-order chi connectivity index (χ1) is 8.75. The molecule has 0 N–H and O–H groups in total. The lowest BCUT2D eigenvalue weighted by molar-refractivity contribution is 1.69. The van der Waals surface area contributed by atoms with Crippen molar-refractivity contribution in [3.63, 3.8) is 0 Å². The highest BCUT2D eigenvalue weighted by atomic mass is 35.5. The van der Waals surface area contributed by atoms with Crippen LogP contribution in [0, 0.1) is 0 Å². The minimum Gasteiger partial charge on any atom is -0.0843 e. The first-order valence-electron chi connectivity index (χ1n) is 5.77. The highest BCUT2D eigenvalue weighted by molar-refractivity contribution is 6.37. The number of hydrogen-bond acceptors (Lipinski definition) is 0. The minimum atomic E-state index is 0.768. The van der Waals surface area contributed by atoms with Crippen LogP contribution >= 0.6 is 23.2 Å². The van der Waals surface area contributed by atoms with Gasteiger partial charge < -0.3 is 0 Å². The van der Waals surface area contributed by atoms with E-state index in [1.807, 2.05) is 18.2 Å². The Morgan fingerprint density at radius 3 is 2.33 bits per heavy atom. The summed E-state index contributed by atoms with van der Waals surface area (Å²) in [7, 11) is 0. The number of hydrogen-bond donors (Lipinski definition) is 0. The highest BCUT2D eigenvalue weighted by Gasteiger charge is 2.21. The number of rotatable bonds is 0. The third-order valence-corrected chi connectivity index (χ3v) is 4.11. The van der Waals surface area contributed by atoms with Crippen LogP contribution < -0.4 is 0 Å². The van der Waals surface area contributed by atoms with E-state index in [4.69, 9.17) is 23.2 Å². The summed E-state index contributed by atoms with van der Waals surface area (Å²) in [6.45, 7) is 0. The van der Waals surface area contributed by atoms with Gasteiger partial charge in [0.05, 0.1) is 0 Å². The van der Waals surface area contributed by atoms with E-state index in [0.717, 1.165) is 15.4 Å². The second-order valence-electron chi connectivity index (χ2n) is 4.51. The van der Waals surface area contributed by atoms with Gasteiger partial charge in [-0.15, -0.1) is 0 Å². The summed E-state index contributed by atoms with van der Waals surface area (Å²) in [5.41, 5.74) is 4.91. The first kappa shape index (κ1) is 10.4. The zero-order valence-corrected chi connectivity index (χ0v) is 10.9. The van der Waals surface area contributed by atoms with Crippen LogP contribution in [0.4, 0.5) is 0 Å². The standard InChI is InChI=1S/C16H8Cl2/c17-9-4-5-10-11-2-1-3-13-15(18)7-6-12(16(11)13)14(10)8-9/h1-8H. The van der Waals surface area contributed by atoms with Crippen LogP contribution in [-0.2, 0) is 0 Å². The normalized spacial score (nSPS) is 11.9. The summed E-state index contributed by atoms with van der Waals surface area (Å²) in [5.74, 6) is 0. The summed E-state index contributed by atoms with van der Waals surface area (Å²) in [6.07, 6.45) is 0. The molecule has 0 fully saturated rings. The average molecular weight is 271 g/mol. The van der Waals surface area contributed by atoms with Crippen molar-refractivity contribution in [2.45, 2.75) is 0 Å². The molecule has 0 saturated heterocycles. The molecule has 0 aliphatic heterocycles. The van der Waals surface area contributed by atoms with Crippen molar-refractivity contribution in [2.24, 2.45) is 0 Å². The van der Waals surface area contributed by atoms with E-state index < -0.39 is 0 Å².